The van der Waals surface area contributed by atoms with Crippen molar-refractivity contribution in [2.45, 2.75) is 39.8 Å². The highest BCUT2D eigenvalue weighted by molar-refractivity contribution is 5.89. The maximum atomic E-state index is 12.3. The van der Waals surface area contributed by atoms with Gasteiger partial charge in [0, 0.05) is 35.9 Å². The number of hydrogen-bond donors (Lipinski definition) is 1. The first-order valence-electron chi connectivity index (χ1n) is 7.76. The van der Waals surface area contributed by atoms with Crippen molar-refractivity contribution in [3.8, 4) is 0 Å². The summed E-state index contributed by atoms with van der Waals surface area (Å²) in [6.45, 7) is 6.79. The van der Waals surface area contributed by atoms with Crippen LogP contribution in [0.5, 0.6) is 0 Å². The molecule has 0 bridgehead atoms. The van der Waals surface area contributed by atoms with E-state index in [0.717, 1.165) is 22.1 Å². The number of benzene rings is 1. The van der Waals surface area contributed by atoms with Crippen molar-refractivity contribution >= 4 is 16.9 Å². The zero-order valence-electron chi connectivity index (χ0n) is 13.7. The molecule has 2 heterocycles. The van der Waals surface area contributed by atoms with Crippen molar-refractivity contribution in [3.05, 3.63) is 53.8 Å². The molecule has 0 aliphatic carbocycles. The van der Waals surface area contributed by atoms with E-state index in [1.807, 2.05) is 30.7 Å². The molecule has 3 rings (SSSR count). The molecule has 0 unspecified atom stereocenters. The molecule has 23 heavy (non-hydrogen) atoms. The SMILES string of the molecule is Cc1ccc2c(CC(=O)N[C@H](C)Cn3ccnc3)coc2c1C. The minimum Gasteiger partial charge on any atom is -0.464 e. The second kappa shape index (κ2) is 6.28. The lowest BCUT2D eigenvalue weighted by atomic mass is 10.0. The summed E-state index contributed by atoms with van der Waals surface area (Å²) in [6.07, 6.45) is 7.38. The van der Waals surface area contributed by atoms with Crippen LogP contribution in [0.25, 0.3) is 11.0 Å². The van der Waals surface area contributed by atoms with Gasteiger partial charge in [-0.15, -0.1) is 0 Å². The summed E-state index contributed by atoms with van der Waals surface area (Å²) in [7, 11) is 0. The van der Waals surface area contributed by atoms with Gasteiger partial charge < -0.3 is 14.3 Å². The Labute approximate surface area is 135 Å². The van der Waals surface area contributed by atoms with E-state index in [1.165, 1.54) is 5.56 Å². The largest absolute Gasteiger partial charge is 0.464 e. The van der Waals surface area contributed by atoms with E-state index < -0.39 is 0 Å². The van der Waals surface area contributed by atoms with Crippen LogP contribution in [0.4, 0.5) is 0 Å². The molecule has 0 aliphatic heterocycles. The molecule has 0 spiro atoms. The van der Waals surface area contributed by atoms with Crippen molar-refractivity contribution in [3.63, 3.8) is 0 Å². The summed E-state index contributed by atoms with van der Waals surface area (Å²) in [4.78, 5) is 16.3. The van der Waals surface area contributed by atoms with Crippen LogP contribution in [-0.4, -0.2) is 21.5 Å². The van der Waals surface area contributed by atoms with Crippen LogP contribution in [-0.2, 0) is 17.8 Å². The molecule has 1 N–H and O–H groups in total. The number of carbonyl (C=O) groups is 1. The molecule has 0 radical (unpaired) electrons. The van der Waals surface area contributed by atoms with Gasteiger partial charge in [0.15, 0.2) is 0 Å². The highest BCUT2D eigenvalue weighted by Gasteiger charge is 2.14. The Bertz CT molecular complexity index is 818. The van der Waals surface area contributed by atoms with E-state index in [0.29, 0.717) is 13.0 Å². The summed E-state index contributed by atoms with van der Waals surface area (Å²) < 4.78 is 7.61. The van der Waals surface area contributed by atoms with Crippen molar-refractivity contribution < 1.29 is 9.21 Å². The monoisotopic (exact) mass is 311 g/mol. The number of nitrogens with zero attached hydrogens (tertiary/aromatic N) is 2. The predicted octanol–water partition coefficient (Wildman–Crippen LogP) is 2.99. The van der Waals surface area contributed by atoms with Gasteiger partial charge >= 0.3 is 0 Å². The molecule has 2 aromatic heterocycles. The lowest BCUT2D eigenvalue weighted by molar-refractivity contribution is -0.121. The lowest BCUT2D eigenvalue weighted by Crippen LogP contribution is -2.36. The van der Waals surface area contributed by atoms with Crippen molar-refractivity contribution in [2.24, 2.45) is 0 Å². The van der Waals surface area contributed by atoms with Gasteiger partial charge in [-0.3, -0.25) is 4.79 Å². The third kappa shape index (κ3) is 3.28. The summed E-state index contributed by atoms with van der Waals surface area (Å²) in [6, 6.07) is 4.13. The van der Waals surface area contributed by atoms with E-state index in [9.17, 15) is 4.79 Å². The topological polar surface area (TPSA) is 60.1 Å². The van der Waals surface area contributed by atoms with E-state index in [1.54, 1.807) is 18.8 Å². The quantitative estimate of drug-likeness (QED) is 0.788. The van der Waals surface area contributed by atoms with E-state index >= 15 is 0 Å². The number of rotatable bonds is 5. The molecule has 3 aromatic rings. The number of imidazole rings is 1. The van der Waals surface area contributed by atoms with Crippen LogP contribution in [0, 0.1) is 13.8 Å². The molecule has 1 atom stereocenters. The molecule has 0 aliphatic rings. The molecular weight excluding hydrogens is 290 g/mol. The van der Waals surface area contributed by atoms with Crippen molar-refractivity contribution in [2.75, 3.05) is 0 Å². The fourth-order valence-electron chi connectivity index (χ4n) is 2.78. The minimum atomic E-state index is -0.00135. The van der Waals surface area contributed by atoms with E-state index in [4.69, 9.17) is 4.42 Å². The Morgan fingerprint density at radius 2 is 2.22 bits per heavy atom. The Kier molecular flexibility index (Phi) is 4.19. The van der Waals surface area contributed by atoms with Gasteiger partial charge in [0.2, 0.25) is 5.91 Å². The second-order valence-electron chi connectivity index (χ2n) is 6.05. The maximum Gasteiger partial charge on any atom is 0.224 e. The fraction of sp³-hybridized carbons (Fsp3) is 0.333. The lowest BCUT2D eigenvalue weighted by Gasteiger charge is -2.14. The molecule has 0 fully saturated rings. The van der Waals surface area contributed by atoms with Crippen LogP contribution in [0.3, 0.4) is 0 Å². The van der Waals surface area contributed by atoms with Crippen LogP contribution >= 0.6 is 0 Å². The smallest absolute Gasteiger partial charge is 0.224 e. The molecule has 5 nitrogen and oxygen atoms in total. The molecular formula is C18H21N3O2. The second-order valence-corrected chi connectivity index (χ2v) is 6.05. The molecule has 1 amide bonds. The van der Waals surface area contributed by atoms with E-state index in [2.05, 4.69) is 23.3 Å². The Morgan fingerprint density at radius 1 is 1.39 bits per heavy atom. The zero-order valence-corrected chi connectivity index (χ0v) is 13.7. The summed E-state index contributed by atoms with van der Waals surface area (Å²) in [5, 5.41) is 4.04. The first-order chi connectivity index (χ1) is 11.0. The predicted molar refractivity (Wildman–Crippen MR) is 89.2 cm³/mol. The van der Waals surface area contributed by atoms with E-state index in [-0.39, 0.29) is 11.9 Å². The Morgan fingerprint density at radius 3 is 2.96 bits per heavy atom. The first kappa shape index (κ1) is 15.3. The number of fused-ring (bicyclic) bond motifs is 1. The standard InChI is InChI=1S/C18H21N3O2/c1-12-4-5-16-15(10-23-18(16)14(12)3)8-17(22)20-13(2)9-21-7-6-19-11-21/h4-7,10-11,13H,8-9H2,1-3H3,(H,20,22)/t13-/m1/s1. The molecule has 5 heteroatoms. The fourth-order valence-corrected chi connectivity index (χ4v) is 2.78. The maximum absolute atomic E-state index is 12.3. The number of furan rings is 1. The number of hydrogen-bond acceptors (Lipinski definition) is 3. The number of nitrogens with one attached hydrogen (secondary N) is 1. The first-order valence-corrected chi connectivity index (χ1v) is 7.76. The van der Waals surface area contributed by atoms with Gasteiger partial charge in [0.05, 0.1) is 19.0 Å². The number of amides is 1. The van der Waals surface area contributed by atoms with Gasteiger partial charge in [0.25, 0.3) is 0 Å². The molecule has 120 valence electrons. The van der Waals surface area contributed by atoms with Gasteiger partial charge in [-0.2, -0.15) is 0 Å². The van der Waals surface area contributed by atoms with Gasteiger partial charge in [0.1, 0.15) is 5.58 Å². The number of aryl methyl sites for hydroxylation is 2. The average Bonchev–Trinajstić information content (AvgIpc) is 3.13. The molecule has 0 saturated carbocycles. The van der Waals surface area contributed by atoms with Crippen molar-refractivity contribution in [1.29, 1.82) is 0 Å². The normalized spacial score (nSPS) is 12.5. The van der Waals surface area contributed by atoms with Crippen LogP contribution < -0.4 is 5.32 Å². The Hall–Kier alpha value is -2.56. The van der Waals surface area contributed by atoms with Crippen LogP contribution in [0.2, 0.25) is 0 Å². The number of aromatic nitrogens is 2. The highest BCUT2D eigenvalue weighted by atomic mass is 16.3. The van der Waals surface area contributed by atoms with Crippen LogP contribution in [0.15, 0.2) is 41.5 Å². The van der Waals surface area contributed by atoms with Crippen LogP contribution in [0.1, 0.15) is 23.6 Å². The van der Waals surface area contributed by atoms with Crippen molar-refractivity contribution in [1.82, 2.24) is 14.9 Å². The third-order valence-corrected chi connectivity index (χ3v) is 4.14. The third-order valence-electron chi connectivity index (χ3n) is 4.14. The zero-order chi connectivity index (χ0) is 16.4. The molecule has 0 saturated heterocycles. The summed E-state index contributed by atoms with van der Waals surface area (Å²) in [5.74, 6) is -0.00135. The van der Waals surface area contributed by atoms with Gasteiger partial charge in [-0.1, -0.05) is 12.1 Å². The van der Waals surface area contributed by atoms with Gasteiger partial charge in [-0.05, 0) is 31.9 Å². The number of carbonyl (C=O) groups excluding carboxylic acids is 1. The highest BCUT2D eigenvalue weighted by Crippen LogP contribution is 2.26. The average molecular weight is 311 g/mol. The summed E-state index contributed by atoms with van der Waals surface area (Å²) in [5.41, 5.74) is 4.12. The van der Waals surface area contributed by atoms with Gasteiger partial charge in [-0.25, -0.2) is 4.98 Å². The Balaban J connectivity index is 1.67. The summed E-state index contributed by atoms with van der Waals surface area (Å²) >= 11 is 0. The minimum absolute atomic E-state index is 0.00135. The molecule has 1 aromatic carbocycles.